The molecule has 0 amide bonds. The Hall–Kier alpha value is -0.870. The quantitative estimate of drug-likeness (QED) is 0.775. The Labute approximate surface area is 106 Å². The van der Waals surface area contributed by atoms with Crippen molar-refractivity contribution in [3.63, 3.8) is 0 Å². The van der Waals surface area contributed by atoms with Crippen molar-refractivity contribution in [2.75, 3.05) is 11.5 Å². The van der Waals surface area contributed by atoms with E-state index in [0.29, 0.717) is 6.04 Å². The van der Waals surface area contributed by atoms with Crippen molar-refractivity contribution in [1.29, 1.82) is 0 Å². The van der Waals surface area contributed by atoms with Gasteiger partial charge in [0, 0.05) is 18.2 Å². The molecule has 0 saturated carbocycles. The zero-order valence-electron chi connectivity index (χ0n) is 10.0. The predicted molar refractivity (Wildman–Crippen MR) is 71.7 cm³/mol. The van der Waals surface area contributed by atoms with Gasteiger partial charge in [-0.05, 0) is 49.0 Å². The number of benzene rings is 1. The van der Waals surface area contributed by atoms with Crippen LogP contribution in [-0.4, -0.2) is 27.8 Å². The van der Waals surface area contributed by atoms with Gasteiger partial charge in [-0.1, -0.05) is 0 Å². The number of aromatic hydroxyl groups is 2. The summed E-state index contributed by atoms with van der Waals surface area (Å²) in [7, 11) is 0. The molecule has 0 spiro atoms. The van der Waals surface area contributed by atoms with Crippen molar-refractivity contribution in [3.8, 4) is 11.5 Å². The summed E-state index contributed by atoms with van der Waals surface area (Å²) in [6, 6.07) is 5.47. The minimum atomic E-state index is 0.118. The molecular formula is C13H19NO2S. The van der Waals surface area contributed by atoms with Crippen molar-refractivity contribution in [3.05, 3.63) is 23.8 Å². The fourth-order valence-corrected chi connectivity index (χ4v) is 3.29. The fourth-order valence-electron chi connectivity index (χ4n) is 2.18. The molecule has 4 heteroatoms. The van der Waals surface area contributed by atoms with Crippen LogP contribution < -0.4 is 5.32 Å². The van der Waals surface area contributed by atoms with Crippen LogP contribution in [0, 0.1) is 0 Å². The molecule has 1 aromatic carbocycles. The monoisotopic (exact) mass is 253 g/mol. The summed E-state index contributed by atoms with van der Waals surface area (Å²) in [4.78, 5) is 0. The molecule has 3 N–H and O–H groups in total. The third kappa shape index (κ3) is 3.54. The maximum absolute atomic E-state index is 9.46. The minimum Gasteiger partial charge on any atom is -0.508 e. The van der Waals surface area contributed by atoms with E-state index in [1.807, 2.05) is 11.8 Å². The molecule has 0 aliphatic carbocycles. The topological polar surface area (TPSA) is 52.5 Å². The molecule has 1 fully saturated rings. The number of hydrogen-bond acceptors (Lipinski definition) is 4. The third-order valence-corrected chi connectivity index (χ3v) is 4.18. The summed E-state index contributed by atoms with van der Waals surface area (Å²) in [5, 5.41) is 22.5. The lowest BCUT2D eigenvalue weighted by molar-refractivity contribution is 0.421. The Balaban J connectivity index is 2.00. The van der Waals surface area contributed by atoms with Crippen LogP contribution in [-0.2, 0) is 0 Å². The number of thioether (sulfide) groups is 1. The molecule has 0 radical (unpaired) electrons. The number of nitrogens with one attached hydrogen (secondary N) is 1. The highest BCUT2D eigenvalue weighted by molar-refractivity contribution is 7.99. The van der Waals surface area contributed by atoms with Crippen molar-refractivity contribution >= 4 is 11.8 Å². The average molecular weight is 253 g/mol. The van der Waals surface area contributed by atoms with Gasteiger partial charge in [-0.2, -0.15) is 11.8 Å². The first kappa shape index (κ1) is 12.6. The minimum absolute atomic E-state index is 0.118. The van der Waals surface area contributed by atoms with E-state index in [4.69, 9.17) is 0 Å². The number of phenolic OH excluding ortho intramolecular Hbond substituents is 2. The van der Waals surface area contributed by atoms with Gasteiger partial charge in [-0.15, -0.1) is 0 Å². The van der Waals surface area contributed by atoms with Crippen LogP contribution in [0.2, 0.25) is 0 Å². The lowest BCUT2D eigenvalue weighted by Gasteiger charge is -2.26. The number of phenols is 2. The molecule has 3 nitrogen and oxygen atoms in total. The molecule has 1 saturated heterocycles. The molecule has 1 unspecified atom stereocenters. The van der Waals surface area contributed by atoms with E-state index in [2.05, 4.69) is 12.2 Å². The lowest BCUT2D eigenvalue weighted by Crippen LogP contribution is -2.34. The Kier molecular flexibility index (Phi) is 4.18. The van der Waals surface area contributed by atoms with Crippen molar-refractivity contribution in [1.82, 2.24) is 5.32 Å². The van der Waals surface area contributed by atoms with Crippen LogP contribution in [0.4, 0.5) is 0 Å². The molecule has 0 aromatic heterocycles. The third-order valence-electron chi connectivity index (χ3n) is 3.13. The average Bonchev–Trinajstić information content (AvgIpc) is 2.29. The fraction of sp³-hybridized carbons (Fsp3) is 0.538. The second-order valence-electron chi connectivity index (χ2n) is 4.56. The van der Waals surface area contributed by atoms with Gasteiger partial charge >= 0.3 is 0 Å². The van der Waals surface area contributed by atoms with Gasteiger partial charge in [0.25, 0.3) is 0 Å². The number of rotatable bonds is 3. The van der Waals surface area contributed by atoms with Gasteiger partial charge < -0.3 is 15.5 Å². The van der Waals surface area contributed by atoms with Crippen LogP contribution in [0.25, 0.3) is 0 Å². The summed E-state index contributed by atoms with van der Waals surface area (Å²) in [6.07, 6.45) is 2.39. The Morgan fingerprint density at radius 2 is 1.76 bits per heavy atom. The normalized spacial score (nSPS) is 19.1. The van der Waals surface area contributed by atoms with Crippen molar-refractivity contribution in [2.24, 2.45) is 0 Å². The first-order valence-corrected chi connectivity index (χ1v) is 7.17. The van der Waals surface area contributed by atoms with Crippen molar-refractivity contribution < 1.29 is 10.2 Å². The Morgan fingerprint density at radius 3 is 2.35 bits per heavy atom. The molecule has 2 rings (SSSR count). The molecule has 1 heterocycles. The van der Waals surface area contributed by atoms with E-state index in [0.717, 1.165) is 5.56 Å². The smallest absolute Gasteiger partial charge is 0.119 e. The largest absolute Gasteiger partial charge is 0.508 e. The second kappa shape index (κ2) is 5.65. The summed E-state index contributed by atoms with van der Waals surface area (Å²) >= 11 is 2.01. The van der Waals surface area contributed by atoms with Crippen LogP contribution in [0.1, 0.15) is 31.4 Å². The van der Waals surface area contributed by atoms with Gasteiger partial charge in [-0.25, -0.2) is 0 Å². The molecule has 1 atom stereocenters. The molecular weight excluding hydrogens is 234 g/mol. The molecule has 1 aliphatic rings. The van der Waals surface area contributed by atoms with E-state index >= 15 is 0 Å². The zero-order chi connectivity index (χ0) is 12.3. The standard InChI is InChI=1S/C13H19NO2S/c1-9(14-11-2-4-17-5-3-11)10-6-12(15)8-13(16)7-10/h6-9,11,14-16H,2-5H2,1H3. The van der Waals surface area contributed by atoms with E-state index in [9.17, 15) is 10.2 Å². The summed E-state index contributed by atoms with van der Waals surface area (Å²) in [6.45, 7) is 2.07. The SMILES string of the molecule is CC(NC1CCSCC1)c1cc(O)cc(O)c1. The first-order valence-electron chi connectivity index (χ1n) is 6.02. The summed E-state index contributed by atoms with van der Waals surface area (Å²) in [5.74, 6) is 2.67. The molecule has 1 aliphatic heterocycles. The first-order chi connectivity index (χ1) is 8.15. The highest BCUT2D eigenvalue weighted by Gasteiger charge is 2.17. The van der Waals surface area contributed by atoms with Gasteiger partial charge in [0.2, 0.25) is 0 Å². The Morgan fingerprint density at radius 1 is 1.18 bits per heavy atom. The lowest BCUT2D eigenvalue weighted by atomic mass is 10.0. The maximum atomic E-state index is 9.46. The maximum Gasteiger partial charge on any atom is 0.119 e. The van der Waals surface area contributed by atoms with Crippen LogP contribution in [0.3, 0.4) is 0 Å². The number of hydrogen-bond donors (Lipinski definition) is 3. The van der Waals surface area contributed by atoms with E-state index in [-0.39, 0.29) is 17.5 Å². The van der Waals surface area contributed by atoms with Crippen LogP contribution >= 0.6 is 11.8 Å². The summed E-state index contributed by atoms with van der Waals surface area (Å²) < 4.78 is 0. The van der Waals surface area contributed by atoms with Gasteiger partial charge in [0.05, 0.1) is 0 Å². The Bertz CT molecular complexity index is 357. The van der Waals surface area contributed by atoms with Gasteiger partial charge in [0.1, 0.15) is 11.5 Å². The van der Waals surface area contributed by atoms with E-state index in [1.165, 1.54) is 30.4 Å². The van der Waals surface area contributed by atoms with Crippen molar-refractivity contribution in [2.45, 2.75) is 31.8 Å². The van der Waals surface area contributed by atoms with Crippen LogP contribution in [0.5, 0.6) is 11.5 Å². The van der Waals surface area contributed by atoms with E-state index < -0.39 is 0 Å². The predicted octanol–water partition coefficient (Wildman–Crippen LogP) is 2.64. The highest BCUT2D eigenvalue weighted by Crippen LogP contribution is 2.26. The van der Waals surface area contributed by atoms with Gasteiger partial charge in [-0.3, -0.25) is 0 Å². The highest BCUT2D eigenvalue weighted by atomic mass is 32.2. The molecule has 0 bridgehead atoms. The van der Waals surface area contributed by atoms with Gasteiger partial charge in [0.15, 0.2) is 0 Å². The van der Waals surface area contributed by atoms with Crippen LogP contribution in [0.15, 0.2) is 18.2 Å². The molecule has 17 heavy (non-hydrogen) atoms. The zero-order valence-corrected chi connectivity index (χ0v) is 10.8. The van der Waals surface area contributed by atoms with E-state index in [1.54, 1.807) is 12.1 Å². The summed E-state index contributed by atoms with van der Waals surface area (Å²) in [5.41, 5.74) is 0.931. The molecule has 94 valence electrons. The second-order valence-corrected chi connectivity index (χ2v) is 5.78. The molecule has 1 aromatic rings.